The van der Waals surface area contributed by atoms with E-state index in [-0.39, 0.29) is 18.5 Å². The van der Waals surface area contributed by atoms with Crippen LogP contribution in [0.4, 0.5) is 0 Å². The van der Waals surface area contributed by atoms with Gasteiger partial charge in [0.25, 0.3) is 0 Å². The summed E-state index contributed by atoms with van der Waals surface area (Å²) in [7, 11) is 1.66. The summed E-state index contributed by atoms with van der Waals surface area (Å²) >= 11 is 6.81. The average molecular weight is 413 g/mol. The molecule has 0 aromatic heterocycles. The fourth-order valence-corrected chi connectivity index (χ4v) is 4.50. The summed E-state index contributed by atoms with van der Waals surface area (Å²) in [5.41, 5.74) is 2.96. The van der Waals surface area contributed by atoms with Crippen molar-refractivity contribution in [2.45, 2.75) is 37.6 Å². The first kappa shape index (κ1) is 20.2. The normalized spacial score (nSPS) is 22.1. The van der Waals surface area contributed by atoms with Gasteiger partial charge in [0.1, 0.15) is 5.75 Å². The number of aliphatic hydroxyl groups excluding tert-OH is 1. The quantitative estimate of drug-likeness (QED) is 0.608. The molecule has 0 radical (unpaired) electrons. The maximum absolute atomic E-state index is 9.67. The summed E-state index contributed by atoms with van der Waals surface area (Å²) in [5.74, 6) is -0.678. The van der Waals surface area contributed by atoms with Gasteiger partial charge >= 0.3 is 0 Å². The van der Waals surface area contributed by atoms with E-state index in [4.69, 9.17) is 21.1 Å². The summed E-state index contributed by atoms with van der Waals surface area (Å²) < 4.78 is 12.2. The van der Waals surface area contributed by atoms with Crippen LogP contribution >= 0.6 is 11.6 Å². The van der Waals surface area contributed by atoms with E-state index in [2.05, 4.69) is 6.07 Å². The Kier molecular flexibility index (Phi) is 5.79. The van der Waals surface area contributed by atoms with Gasteiger partial charge in [-0.25, -0.2) is 0 Å². The predicted molar refractivity (Wildman–Crippen MR) is 114 cm³/mol. The number of halogens is 1. The van der Waals surface area contributed by atoms with Crippen LogP contribution < -0.4 is 0 Å². The van der Waals surface area contributed by atoms with E-state index < -0.39 is 5.79 Å². The molecule has 5 heteroatoms. The number of methoxy groups -OCH3 is 1. The summed E-state index contributed by atoms with van der Waals surface area (Å²) in [5, 5.41) is 21.9. The Morgan fingerprint density at radius 2 is 1.86 bits per heavy atom. The maximum atomic E-state index is 9.67. The van der Waals surface area contributed by atoms with Gasteiger partial charge in [-0.1, -0.05) is 48.0 Å². The number of phenolic OH excluding ortho intramolecular Hbond substituents is 1. The van der Waals surface area contributed by atoms with E-state index in [9.17, 15) is 10.2 Å². The summed E-state index contributed by atoms with van der Waals surface area (Å²) in [4.78, 5) is 0. The molecule has 0 spiro atoms. The smallest absolute Gasteiger partial charge is 0.195 e. The van der Waals surface area contributed by atoms with Crippen molar-refractivity contribution in [3.63, 3.8) is 0 Å². The van der Waals surface area contributed by atoms with Gasteiger partial charge < -0.3 is 19.7 Å². The average Bonchev–Trinajstić information content (AvgIpc) is 2.77. The fourth-order valence-electron chi connectivity index (χ4n) is 4.21. The molecule has 0 amide bonds. The molecular weight excluding hydrogens is 388 g/mol. The van der Waals surface area contributed by atoms with E-state index >= 15 is 0 Å². The highest BCUT2D eigenvalue weighted by molar-refractivity contribution is 6.36. The van der Waals surface area contributed by atoms with E-state index in [0.29, 0.717) is 17.9 Å². The molecule has 3 aromatic carbocycles. The second kappa shape index (κ2) is 8.33. The van der Waals surface area contributed by atoms with Crippen molar-refractivity contribution in [2.24, 2.45) is 0 Å². The number of fused-ring (bicyclic) bond motifs is 1. The van der Waals surface area contributed by atoms with Crippen molar-refractivity contribution in [1.29, 1.82) is 0 Å². The van der Waals surface area contributed by atoms with Gasteiger partial charge in [0.2, 0.25) is 0 Å². The second-order valence-corrected chi connectivity index (χ2v) is 7.94. The third kappa shape index (κ3) is 3.86. The third-order valence-corrected chi connectivity index (χ3v) is 6.16. The standard InChI is InChI=1S/C24H25ClO4/c1-28-24(12-4-5-19(15-26)29-24)22-14-17(13-16-8-10-18(27)11-9-16)23(25)21-7-3-2-6-20(21)22/h2-3,6-11,14,19,26-27H,4-5,12-13,15H2,1H3. The van der Waals surface area contributed by atoms with Gasteiger partial charge in [-0.3, -0.25) is 0 Å². The molecular formula is C24H25ClO4. The lowest BCUT2D eigenvalue weighted by molar-refractivity contribution is -0.281. The highest BCUT2D eigenvalue weighted by atomic mass is 35.5. The number of rotatable bonds is 5. The molecule has 1 heterocycles. The number of benzene rings is 3. The lowest BCUT2D eigenvalue weighted by Gasteiger charge is -2.40. The van der Waals surface area contributed by atoms with Crippen LogP contribution in [0.5, 0.6) is 5.75 Å². The Bertz CT molecular complexity index is 1000. The molecule has 1 saturated heterocycles. The molecule has 2 N–H and O–H groups in total. The molecule has 2 unspecified atom stereocenters. The van der Waals surface area contributed by atoms with Crippen LogP contribution in [0.1, 0.15) is 36.0 Å². The van der Waals surface area contributed by atoms with Crippen LogP contribution in [0.2, 0.25) is 5.02 Å². The Morgan fingerprint density at radius 1 is 1.14 bits per heavy atom. The lowest BCUT2D eigenvalue weighted by atomic mass is 9.88. The first-order valence-electron chi connectivity index (χ1n) is 9.88. The van der Waals surface area contributed by atoms with Crippen molar-refractivity contribution in [3.8, 4) is 5.75 Å². The van der Waals surface area contributed by atoms with E-state index in [1.54, 1.807) is 19.2 Å². The largest absolute Gasteiger partial charge is 0.508 e. The molecule has 0 bridgehead atoms. The van der Waals surface area contributed by atoms with Crippen LogP contribution in [0, 0.1) is 0 Å². The zero-order valence-electron chi connectivity index (χ0n) is 16.4. The van der Waals surface area contributed by atoms with Crippen molar-refractivity contribution < 1.29 is 19.7 Å². The monoisotopic (exact) mass is 412 g/mol. The van der Waals surface area contributed by atoms with Crippen LogP contribution in [-0.2, 0) is 21.7 Å². The minimum Gasteiger partial charge on any atom is -0.508 e. The van der Waals surface area contributed by atoms with Crippen LogP contribution in [0.15, 0.2) is 54.6 Å². The molecule has 1 aliphatic rings. The van der Waals surface area contributed by atoms with Crippen LogP contribution in [-0.4, -0.2) is 30.0 Å². The minimum absolute atomic E-state index is 0.0308. The number of aromatic hydroxyl groups is 1. The Balaban J connectivity index is 1.86. The Labute approximate surface area is 175 Å². The Hall–Kier alpha value is -2.11. The van der Waals surface area contributed by atoms with Crippen molar-refractivity contribution >= 4 is 22.4 Å². The van der Waals surface area contributed by atoms with Crippen molar-refractivity contribution in [1.82, 2.24) is 0 Å². The van der Waals surface area contributed by atoms with Gasteiger partial charge in [-0.2, -0.15) is 0 Å². The zero-order valence-corrected chi connectivity index (χ0v) is 17.2. The van der Waals surface area contributed by atoms with Gasteiger partial charge in [-0.05, 0) is 54.0 Å². The van der Waals surface area contributed by atoms with Gasteiger partial charge in [-0.15, -0.1) is 0 Å². The first-order chi connectivity index (χ1) is 14.1. The van der Waals surface area contributed by atoms with Gasteiger partial charge in [0.15, 0.2) is 5.79 Å². The molecule has 0 aliphatic carbocycles. The molecule has 0 saturated carbocycles. The lowest BCUT2D eigenvalue weighted by Crippen LogP contribution is -2.41. The summed E-state index contributed by atoms with van der Waals surface area (Å²) in [6, 6.07) is 17.2. The van der Waals surface area contributed by atoms with Crippen LogP contribution in [0.25, 0.3) is 10.8 Å². The molecule has 1 aliphatic heterocycles. The highest BCUT2D eigenvalue weighted by Gasteiger charge is 2.40. The molecule has 152 valence electrons. The van der Waals surface area contributed by atoms with E-state index in [1.807, 2.05) is 36.4 Å². The molecule has 4 rings (SSSR count). The molecule has 3 aromatic rings. The molecule has 4 nitrogen and oxygen atoms in total. The van der Waals surface area contributed by atoms with Crippen molar-refractivity contribution in [2.75, 3.05) is 13.7 Å². The van der Waals surface area contributed by atoms with E-state index in [1.165, 1.54) is 0 Å². The highest BCUT2D eigenvalue weighted by Crippen LogP contribution is 2.44. The van der Waals surface area contributed by atoms with Gasteiger partial charge in [0, 0.05) is 24.5 Å². The summed E-state index contributed by atoms with van der Waals surface area (Å²) in [6.07, 6.45) is 2.81. The molecule has 29 heavy (non-hydrogen) atoms. The number of ether oxygens (including phenoxy) is 2. The number of hydrogen-bond donors (Lipinski definition) is 2. The van der Waals surface area contributed by atoms with Crippen LogP contribution in [0.3, 0.4) is 0 Å². The number of aliphatic hydroxyl groups is 1. The molecule has 1 fully saturated rings. The molecule has 2 atom stereocenters. The topological polar surface area (TPSA) is 58.9 Å². The van der Waals surface area contributed by atoms with Gasteiger partial charge in [0.05, 0.1) is 17.7 Å². The summed E-state index contributed by atoms with van der Waals surface area (Å²) in [6.45, 7) is -0.0308. The zero-order chi connectivity index (χ0) is 20.4. The third-order valence-electron chi connectivity index (χ3n) is 5.72. The SMILES string of the molecule is COC1(c2cc(Cc3ccc(O)cc3)c(Cl)c3ccccc23)CCCC(CO)O1. The maximum Gasteiger partial charge on any atom is 0.195 e. The number of hydrogen-bond acceptors (Lipinski definition) is 4. The first-order valence-corrected chi connectivity index (χ1v) is 10.3. The fraction of sp³-hybridized carbons (Fsp3) is 0.333. The van der Waals surface area contributed by atoms with Crippen molar-refractivity contribution in [3.05, 3.63) is 76.3 Å². The predicted octanol–water partition coefficient (Wildman–Crippen LogP) is 5.15. The Morgan fingerprint density at radius 3 is 2.55 bits per heavy atom. The minimum atomic E-state index is -0.917. The second-order valence-electron chi connectivity index (χ2n) is 7.56. The van der Waals surface area contributed by atoms with E-state index in [0.717, 1.165) is 40.3 Å². The number of phenols is 1.